The summed E-state index contributed by atoms with van der Waals surface area (Å²) in [5, 5.41) is 3.43. The molecule has 8 heteroatoms. The quantitative estimate of drug-likeness (QED) is 0.682. The predicted molar refractivity (Wildman–Crippen MR) is 119 cm³/mol. The van der Waals surface area contributed by atoms with Crippen LogP contribution in [0.25, 0.3) is 0 Å². The van der Waals surface area contributed by atoms with Crippen molar-refractivity contribution in [2.75, 3.05) is 18.4 Å². The van der Waals surface area contributed by atoms with Crippen LogP contribution in [-0.2, 0) is 20.6 Å². The Bertz CT molecular complexity index is 969. The van der Waals surface area contributed by atoms with E-state index < -0.39 is 10.0 Å². The highest BCUT2D eigenvalue weighted by Crippen LogP contribution is 2.24. The highest BCUT2D eigenvalue weighted by molar-refractivity contribution is 7.88. The fourth-order valence-electron chi connectivity index (χ4n) is 3.46. The molecule has 0 radical (unpaired) electrons. The van der Waals surface area contributed by atoms with Crippen LogP contribution in [0.5, 0.6) is 5.75 Å². The van der Waals surface area contributed by atoms with Crippen molar-refractivity contribution in [1.29, 1.82) is 0 Å². The second-order valence-electron chi connectivity index (χ2n) is 7.74. The van der Waals surface area contributed by atoms with Crippen LogP contribution < -0.4 is 10.1 Å². The molecule has 1 saturated heterocycles. The average Bonchev–Trinajstić information content (AvgIpc) is 2.69. The summed E-state index contributed by atoms with van der Waals surface area (Å²) >= 11 is 5.95. The van der Waals surface area contributed by atoms with Crippen LogP contribution in [0, 0.1) is 5.92 Å². The average molecular weight is 451 g/mol. The standard InChI is InChI=1S/C22H27ClN2O4S/c1-16(2)29-21-8-6-20(7-9-21)24-22(26)18-10-12-25(13-11-18)30(27,28)15-17-4-3-5-19(23)14-17/h3-9,14,16,18H,10-13,15H2,1-2H3,(H,24,26). The number of sulfonamides is 1. The molecule has 2 aromatic carbocycles. The van der Waals surface area contributed by atoms with E-state index in [-0.39, 0.29) is 23.7 Å². The summed E-state index contributed by atoms with van der Waals surface area (Å²) in [6.45, 7) is 4.58. The Morgan fingerprint density at radius 2 is 1.83 bits per heavy atom. The van der Waals surface area contributed by atoms with Gasteiger partial charge >= 0.3 is 0 Å². The first-order valence-corrected chi connectivity index (χ1v) is 12.0. The lowest BCUT2D eigenvalue weighted by molar-refractivity contribution is -0.120. The van der Waals surface area contributed by atoms with E-state index in [0.29, 0.717) is 42.2 Å². The summed E-state index contributed by atoms with van der Waals surface area (Å²) < 4.78 is 32.5. The number of anilines is 1. The fourth-order valence-corrected chi connectivity index (χ4v) is 5.22. The van der Waals surface area contributed by atoms with Crippen molar-refractivity contribution in [3.8, 4) is 5.75 Å². The van der Waals surface area contributed by atoms with Crippen LogP contribution in [0.3, 0.4) is 0 Å². The van der Waals surface area contributed by atoms with Gasteiger partial charge in [-0.2, -0.15) is 0 Å². The number of ether oxygens (including phenoxy) is 1. The second kappa shape index (κ2) is 9.81. The number of nitrogens with one attached hydrogen (secondary N) is 1. The zero-order valence-corrected chi connectivity index (χ0v) is 18.7. The summed E-state index contributed by atoms with van der Waals surface area (Å²) in [6.07, 6.45) is 1.08. The van der Waals surface area contributed by atoms with Gasteiger partial charge in [-0.3, -0.25) is 4.79 Å². The van der Waals surface area contributed by atoms with Crippen molar-refractivity contribution in [3.05, 3.63) is 59.1 Å². The molecule has 0 atom stereocenters. The summed E-state index contributed by atoms with van der Waals surface area (Å²) in [5.41, 5.74) is 1.36. The molecular weight excluding hydrogens is 424 g/mol. The van der Waals surface area contributed by atoms with Crippen molar-refractivity contribution in [2.24, 2.45) is 5.92 Å². The molecule has 2 aromatic rings. The molecule has 0 saturated carbocycles. The summed E-state index contributed by atoms with van der Waals surface area (Å²) in [6, 6.07) is 14.1. The molecule has 0 spiro atoms. The van der Waals surface area contributed by atoms with Gasteiger partial charge in [0.05, 0.1) is 11.9 Å². The summed E-state index contributed by atoms with van der Waals surface area (Å²) in [4.78, 5) is 12.6. The van der Waals surface area contributed by atoms with Crippen LogP contribution in [0.2, 0.25) is 5.02 Å². The number of carbonyl (C=O) groups is 1. The van der Waals surface area contributed by atoms with Crippen molar-refractivity contribution in [1.82, 2.24) is 4.31 Å². The van der Waals surface area contributed by atoms with Gasteiger partial charge in [0, 0.05) is 29.7 Å². The van der Waals surface area contributed by atoms with Gasteiger partial charge in [0.2, 0.25) is 15.9 Å². The van der Waals surface area contributed by atoms with Crippen LogP contribution >= 0.6 is 11.6 Å². The van der Waals surface area contributed by atoms with Crippen molar-refractivity contribution in [3.63, 3.8) is 0 Å². The van der Waals surface area contributed by atoms with Crippen molar-refractivity contribution in [2.45, 2.75) is 38.5 Å². The van der Waals surface area contributed by atoms with Gasteiger partial charge in [-0.25, -0.2) is 12.7 Å². The van der Waals surface area contributed by atoms with Crippen molar-refractivity contribution >= 4 is 33.2 Å². The lowest BCUT2D eigenvalue weighted by atomic mass is 9.97. The second-order valence-corrected chi connectivity index (χ2v) is 10.1. The minimum absolute atomic E-state index is 0.0839. The molecule has 1 aliphatic heterocycles. The minimum atomic E-state index is -3.45. The molecule has 0 aliphatic carbocycles. The number of hydrogen-bond acceptors (Lipinski definition) is 4. The largest absolute Gasteiger partial charge is 0.491 e. The van der Waals surface area contributed by atoms with E-state index in [1.807, 2.05) is 26.0 Å². The Labute approximate surface area is 183 Å². The molecule has 1 fully saturated rings. The molecular formula is C22H27ClN2O4S. The Morgan fingerprint density at radius 3 is 2.43 bits per heavy atom. The maximum absolute atomic E-state index is 12.7. The first-order valence-electron chi connectivity index (χ1n) is 10.0. The molecule has 0 aromatic heterocycles. The number of rotatable bonds is 7. The van der Waals surface area contributed by atoms with Gasteiger partial charge in [0.1, 0.15) is 5.75 Å². The van der Waals surface area contributed by atoms with E-state index in [2.05, 4.69) is 5.32 Å². The molecule has 1 aliphatic rings. The van der Waals surface area contributed by atoms with E-state index in [0.717, 1.165) is 5.75 Å². The molecule has 3 rings (SSSR count). The lowest BCUT2D eigenvalue weighted by Gasteiger charge is -2.30. The maximum Gasteiger partial charge on any atom is 0.227 e. The number of halogens is 1. The van der Waals surface area contributed by atoms with Crippen LogP contribution in [0.15, 0.2) is 48.5 Å². The van der Waals surface area contributed by atoms with E-state index in [1.165, 1.54) is 4.31 Å². The molecule has 162 valence electrons. The molecule has 0 bridgehead atoms. The zero-order chi connectivity index (χ0) is 21.7. The Morgan fingerprint density at radius 1 is 1.17 bits per heavy atom. The van der Waals surface area contributed by atoms with Crippen LogP contribution in [0.4, 0.5) is 5.69 Å². The fraction of sp³-hybridized carbons (Fsp3) is 0.409. The third-order valence-corrected chi connectivity index (χ3v) is 7.04. The Balaban J connectivity index is 1.52. The number of hydrogen-bond donors (Lipinski definition) is 1. The molecule has 0 unspecified atom stereocenters. The first-order chi connectivity index (χ1) is 14.2. The number of benzene rings is 2. The number of amides is 1. The van der Waals surface area contributed by atoms with Crippen LogP contribution in [0.1, 0.15) is 32.3 Å². The van der Waals surface area contributed by atoms with E-state index >= 15 is 0 Å². The monoisotopic (exact) mass is 450 g/mol. The van der Waals surface area contributed by atoms with E-state index in [9.17, 15) is 13.2 Å². The molecule has 1 N–H and O–H groups in total. The SMILES string of the molecule is CC(C)Oc1ccc(NC(=O)C2CCN(S(=O)(=O)Cc3cccc(Cl)c3)CC2)cc1. The van der Waals surface area contributed by atoms with Crippen LogP contribution in [-0.4, -0.2) is 37.8 Å². The van der Waals surface area contributed by atoms with Gasteiger partial charge in [0.25, 0.3) is 0 Å². The summed E-state index contributed by atoms with van der Waals surface area (Å²) in [7, 11) is -3.45. The summed E-state index contributed by atoms with van der Waals surface area (Å²) in [5.74, 6) is 0.365. The third-order valence-electron chi connectivity index (χ3n) is 4.95. The van der Waals surface area contributed by atoms with Gasteiger partial charge in [0.15, 0.2) is 0 Å². The number of nitrogens with zero attached hydrogens (tertiary/aromatic N) is 1. The normalized spacial score (nSPS) is 15.9. The molecule has 1 heterocycles. The topological polar surface area (TPSA) is 75.7 Å². The van der Waals surface area contributed by atoms with E-state index in [4.69, 9.17) is 16.3 Å². The van der Waals surface area contributed by atoms with Gasteiger partial charge < -0.3 is 10.1 Å². The predicted octanol–water partition coefficient (Wildman–Crippen LogP) is 4.31. The first kappa shape index (κ1) is 22.6. The minimum Gasteiger partial charge on any atom is -0.491 e. The number of piperidine rings is 1. The van der Waals surface area contributed by atoms with E-state index in [1.54, 1.807) is 36.4 Å². The maximum atomic E-state index is 12.7. The highest BCUT2D eigenvalue weighted by Gasteiger charge is 2.31. The number of carbonyl (C=O) groups excluding carboxylic acids is 1. The third kappa shape index (κ3) is 6.20. The molecule has 1 amide bonds. The zero-order valence-electron chi connectivity index (χ0n) is 17.2. The smallest absolute Gasteiger partial charge is 0.227 e. The highest BCUT2D eigenvalue weighted by atomic mass is 35.5. The lowest BCUT2D eigenvalue weighted by Crippen LogP contribution is -2.41. The van der Waals surface area contributed by atoms with Crippen molar-refractivity contribution < 1.29 is 17.9 Å². The Kier molecular flexibility index (Phi) is 7.39. The van der Waals surface area contributed by atoms with Gasteiger partial charge in [-0.15, -0.1) is 0 Å². The Hall–Kier alpha value is -2.09. The van der Waals surface area contributed by atoms with Gasteiger partial charge in [-0.1, -0.05) is 23.7 Å². The molecule has 6 nitrogen and oxygen atoms in total. The molecule has 30 heavy (non-hydrogen) atoms. The van der Waals surface area contributed by atoms with Gasteiger partial charge in [-0.05, 0) is 68.7 Å².